The van der Waals surface area contributed by atoms with E-state index in [-0.39, 0.29) is 30.3 Å². The lowest BCUT2D eigenvalue weighted by atomic mass is 10.1. The van der Waals surface area contributed by atoms with Gasteiger partial charge in [0.1, 0.15) is 0 Å². The summed E-state index contributed by atoms with van der Waals surface area (Å²) >= 11 is 1.44. The Balaban J connectivity index is 0.00000192. The molecule has 2 aromatic rings. The Morgan fingerprint density at radius 2 is 2.13 bits per heavy atom. The number of thiazole rings is 1. The van der Waals surface area contributed by atoms with Crippen LogP contribution < -0.4 is 11.1 Å². The lowest BCUT2D eigenvalue weighted by molar-refractivity contribution is -0.125. The van der Waals surface area contributed by atoms with Crippen molar-refractivity contribution < 1.29 is 9.90 Å². The van der Waals surface area contributed by atoms with Gasteiger partial charge in [-0.05, 0) is 18.9 Å². The molecule has 0 radical (unpaired) electrons. The molecule has 3 atom stereocenters. The summed E-state index contributed by atoms with van der Waals surface area (Å²) in [5, 5.41) is 15.0. The Kier molecular flexibility index (Phi) is 6.00. The normalized spacial score (nSPS) is 23.3. The van der Waals surface area contributed by atoms with Gasteiger partial charge in [0.05, 0.1) is 18.3 Å². The van der Waals surface area contributed by atoms with Crippen molar-refractivity contribution >= 4 is 29.7 Å². The summed E-state index contributed by atoms with van der Waals surface area (Å²) in [5.74, 6) is 0.271. The van der Waals surface area contributed by atoms with E-state index in [1.807, 2.05) is 5.38 Å². The smallest absolute Gasteiger partial charge is 0.223 e. The summed E-state index contributed by atoms with van der Waals surface area (Å²) < 4.78 is 0. The highest BCUT2D eigenvalue weighted by atomic mass is 35.5. The van der Waals surface area contributed by atoms with Gasteiger partial charge in [0.15, 0.2) is 10.8 Å². The zero-order valence-electron chi connectivity index (χ0n) is 12.3. The van der Waals surface area contributed by atoms with E-state index in [4.69, 9.17) is 5.73 Å². The van der Waals surface area contributed by atoms with Crippen molar-refractivity contribution in [3.8, 4) is 10.8 Å². The van der Waals surface area contributed by atoms with Gasteiger partial charge in [-0.15, -0.1) is 23.7 Å². The van der Waals surface area contributed by atoms with E-state index in [2.05, 4.69) is 20.3 Å². The maximum atomic E-state index is 12.1. The molecule has 0 aliphatic heterocycles. The maximum absolute atomic E-state index is 12.1. The highest BCUT2D eigenvalue weighted by Gasteiger charge is 2.34. The number of nitrogens with zero attached hydrogens (tertiary/aromatic N) is 3. The number of hydrogen-bond donors (Lipinski definition) is 3. The van der Waals surface area contributed by atoms with E-state index in [9.17, 15) is 9.90 Å². The molecule has 23 heavy (non-hydrogen) atoms. The Labute approximate surface area is 143 Å². The summed E-state index contributed by atoms with van der Waals surface area (Å²) in [5.41, 5.74) is 6.49. The predicted octanol–water partition coefficient (Wildman–Crippen LogP) is 0.736. The van der Waals surface area contributed by atoms with Crippen molar-refractivity contribution in [3.63, 3.8) is 0 Å². The van der Waals surface area contributed by atoms with Crippen LogP contribution in [0.5, 0.6) is 0 Å². The van der Waals surface area contributed by atoms with Crippen LogP contribution in [-0.2, 0) is 11.3 Å². The van der Waals surface area contributed by atoms with Gasteiger partial charge in [-0.3, -0.25) is 4.79 Å². The van der Waals surface area contributed by atoms with Crippen molar-refractivity contribution in [1.82, 2.24) is 20.3 Å². The number of nitrogens with one attached hydrogen (secondary N) is 1. The van der Waals surface area contributed by atoms with Crippen LogP contribution in [0.25, 0.3) is 10.8 Å². The number of amides is 1. The average Bonchev–Trinajstić information content (AvgIpc) is 3.13. The highest BCUT2D eigenvalue weighted by molar-refractivity contribution is 7.13. The van der Waals surface area contributed by atoms with Gasteiger partial charge in [-0.1, -0.05) is 0 Å². The van der Waals surface area contributed by atoms with Crippen LogP contribution in [0.1, 0.15) is 18.5 Å². The monoisotopic (exact) mass is 355 g/mol. The number of hydrogen-bond acceptors (Lipinski definition) is 7. The first-order valence-corrected chi connectivity index (χ1v) is 7.94. The molecule has 1 amide bonds. The standard InChI is InChI=1S/C14H17N5O2S.ClH/c15-10-4-8(5-11(10)20)13(21)18-6-9-7-22-14(19-9)12-16-2-1-3-17-12;/h1-3,7-8,10-11,20H,4-6,15H2,(H,18,21);1H/t8-,10+,11+;/m0./s1. The van der Waals surface area contributed by atoms with Crippen LogP contribution >= 0.6 is 23.7 Å². The van der Waals surface area contributed by atoms with Crippen LogP contribution in [0.4, 0.5) is 0 Å². The molecule has 1 aliphatic carbocycles. The third-order valence-electron chi connectivity index (χ3n) is 3.70. The van der Waals surface area contributed by atoms with Crippen LogP contribution in [-0.4, -0.2) is 38.1 Å². The molecular weight excluding hydrogens is 338 g/mol. The number of rotatable bonds is 4. The molecule has 2 aromatic heterocycles. The molecule has 0 spiro atoms. The SMILES string of the molecule is Cl.N[C@@H]1C[C@H](C(=O)NCc2csc(-c3ncccn3)n2)C[C@H]1O. The zero-order valence-corrected chi connectivity index (χ0v) is 13.9. The zero-order chi connectivity index (χ0) is 15.5. The first kappa shape index (κ1) is 17.7. The van der Waals surface area contributed by atoms with Crippen molar-refractivity contribution in [2.75, 3.05) is 0 Å². The second kappa shape index (κ2) is 7.78. The fraction of sp³-hybridized carbons (Fsp3) is 0.429. The van der Waals surface area contributed by atoms with E-state index in [1.165, 1.54) is 11.3 Å². The van der Waals surface area contributed by atoms with Crippen molar-refractivity contribution in [1.29, 1.82) is 0 Å². The molecule has 1 aliphatic rings. The number of carbonyl (C=O) groups excluding carboxylic acids is 1. The number of halogens is 1. The van der Waals surface area contributed by atoms with Gasteiger partial charge >= 0.3 is 0 Å². The van der Waals surface area contributed by atoms with E-state index in [1.54, 1.807) is 18.5 Å². The van der Waals surface area contributed by atoms with Crippen LogP contribution in [0.3, 0.4) is 0 Å². The minimum Gasteiger partial charge on any atom is -0.391 e. The minimum absolute atomic E-state index is 0. The van der Waals surface area contributed by atoms with E-state index < -0.39 is 6.10 Å². The molecule has 124 valence electrons. The van der Waals surface area contributed by atoms with Gasteiger partial charge < -0.3 is 16.2 Å². The van der Waals surface area contributed by atoms with Gasteiger partial charge in [0.2, 0.25) is 5.91 Å². The van der Waals surface area contributed by atoms with Gasteiger partial charge in [-0.25, -0.2) is 15.0 Å². The molecule has 0 unspecified atom stereocenters. The molecule has 7 nitrogen and oxygen atoms in total. The van der Waals surface area contributed by atoms with Crippen molar-refractivity contribution in [3.05, 3.63) is 29.5 Å². The minimum atomic E-state index is -0.586. The molecular formula is C14H18ClN5O2S. The summed E-state index contributed by atoms with van der Waals surface area (Å²) in [6.07, 6.45) is 3.69. The molecule has 0 saturated heterocycles. The summed E-state index contributed by atoms with van der Waals surface area (Å²) in [4.78, 5) is 24.8. The largest absolute Gasteiger partial charge is 0.391 e. The first-order valence-electron chi connectivity index (χ1n) is 7.06. The summed E-state index contributed by atoms with van der Waals surface area (Å²) in [6, 6.07) is 1.44. The van der Waals surface area contributed by atoms with Crippen LogP contribution in [0, 0.1) is 5.92 Å². The molecule has 0 aromatic carbocycles. The number of aromatic nitrogens is 3. The third-order valence-corrected chi connectivity index (χ3v) is 4.59. The molecule has 4 N–H and O–H groups in total. The second-order valence-electron chi connectivity index (χ2n) is 5.33. The molecule has 1 saturated carbocycles. The van der Waals surface area contributed by atoms with E-state index in [0.717, 1.165) is 10.7 Å². The number of carbonyl (C=O) groups is 1. The Bertz CT molecular complexity index is 644. The molecule has 1 fully saturated rings. The molecule has 2 heterocycles. The average molecular weight is 356 g/mol. The summed E-state index contributed by atoms with van der Waals surface area (Å²) in [7, 11) is 0. The Morgan fingerprint density at radius 3 is 2.78 bits per heavy atom. The number of aliphatic hydroxyl groups excluding tert-OH is 1. The lowest BCUT2D eigenvalue weighted by Gasteiger charge is -2.09. The van der Waals surface area contributed by atoms with E-state index in [0.29, 0.717) is 25.2 Å². The Hall–Kier alpha value is -1.61. The quantitative estimate of drug-likeness (QED) is 0.745. The number of aliphatic hydroxyl groups is 1. The number of nitrogens with two attached hydrogens (primary N) is 1. The van der Waals surface area contributed by atoms with Gasteiger partial charge in [0, 0.05) is 29.7 Å². The highest BCUT2D eigenvalue weighted by Crippen LogP contribution is 2.25. The lowest BCUT2D eigenvalue weighted by Crippen LogP contribution is -2.30. The topological polar surface area (TPSA) is 114 Å². The third kappa shape index (κ3) is 4.23. The second-order valence-corrected chi connectivity index (χ2v) is 6.19. The molecule has 0 bridgehead atoms. The van der Waals surface area contributed by atoms with Crippen LogP contribution in [0.2, 0.25) is 0 Å². The van der Waals surface area contributed by atoms with Gasteiger partial charge in [-0.2, -0.15) is 0 Å². The van der Waals surface area contributed by atoms with Crippen LogP contribution in [0.15, 0.2) is 23.8 Å². The predicted molar refractivity (Wildman–Crippen MR) is 88.9 cm³/mol. The van der Waals surface area contributed by atoms with E-state index >= 15 is 0 Å². The molecule has 3 rings (SSSR count). The summed E-state index contributed by atoms with van der Waals surface area (Å²) in [6.45, 7) is 0.351. The van der Waals surface area contributed by atoms with Crippen molar-refractivity contribution in [2.45, 2.75) is 31.5 Å². The first-order chi connectivity index (χ1) is 10.6. The maximum Gasteiger partial charge on any atom is 0.223 e. The van der Waals surface area contributed by atoms with Gasteiger partial charge in [0.25, 0.3) is 0 Å². The van der Waals surface area contributed by atoms with Crippen molar-refractivity contribution in [2.24, 2.45) is 11.7 Å². The fourth-order valence-corrected chi connectivity index (χ4v) is 3.25. The Morgan fingerprint density at radius 1 is 1.39 bits per heavy atom. The molecule has 9 heteroatoms. The fourth-order valence-electron chi connectivity index (χ4n) is 2.48.